The first-order valence-corrected chi connectivity index (χ1v) is 7.41. The summed E-state index contributed by atoms with van der Waals surface area (Å²) < 4.78 is 5.35. The van der Waals surface area contributed by atoms with Gasteiger partial charge in [0.2, 0.25) is 0 Å². The number of carbonyl (C=O) groups is 1. The van der Waals surface area contributed by atoms with Crippen LogP contribution in [0.3, 0.4) is 0 Å². The lowest BCUT2D eigenvalue weighted by Gasteiger charge is -2.18. The van der Waals surface area contributed by atoms with Crippen LogP contribution >= 0.6 is 0 Å². The minimum absolute atomic E-state index is 0.0895. The molecule has 0 aliphatic rings. The van der Waals surface area contributed by atoms with E-state index in [-0.39, 0.29) is 24.7 Å². The molecule has 2 rings (SSSR count). The Hall–Kier alpha value is -2.34. The number of hydrogen-bond donors (Lipinski definition) is 3. The van der Waals surface area contributed by atoms with E-state index in [1.807, 2.05) is 37.3 Å². The van der Waals surface area contributed by atoms with Gasteiger partial charge in [-0.25, -0.2) is 9.78 Å². The molecule has 1 aromatic carbocycles. The maximum absolute atomic E-state index is 12.1. The van der Waals surface area contributed by atoms with Crippen molar-refractivity contribution in [2.24, 2.45) is 0 Å². The lowest BCUT2D eigenvalue weighted by molar-refractivity contribution is 0.243. The molecule has 1 unspecified atom stereocenters. The number of rotatable bonds is 7. The number of anilines is 1. The number of benzene rings is 1. The van der Waals surface area contributed by atoms with Crippen molar-refractivity contribution >= 4 is 12.0 Å². The van der Waals surface area contributed by atoms with Crippen molar-refractivity contribution in [3.8, 4) is 0 Å². The topological polar surface area (TPSA) is 87.4 Å². The molecule has 0 saturated heterocycles. The third-order valence-electron chi connectivity index (χ3n) is 3.28. The highest BCUT2D eigenvalue weighted by Gasteiger charge is 2.15. The second kappa shape index (κ2) is 8.19. The molecule has 0 fully saturated rings. The third kappa shape index (κ3) is 4.60. The fourth-order valence-corrected chi connectivity index (χ4v) is 2.12. The Morgan fingerprint density at radius 1 is 1.36 bits per heavy atom. The second-order valence-corrected chi connectivity index (χ2v) is 4.91. The van der Waals surface area contributed by atoms with E-state index in [2.05, 4.69) is 15.6 Å². The van der Waals surface area contributed by atoms with E-state index in [0.29, 0.717) is 12.8 Å². The molecule has 0 saturated carbocycles. The molecule has 0 bridgehead atoms. The summed E-state index contributed by atoms with van der Waals surface area (Å²) >= 11 is 0. The smallest absolute Gasteiger partial charge is 0.323 e. The Labute approximate surface area is 129 Å². The second-order valence-electron chi connectivity index (χ2n) is 4.91. The predicted octanol–water partition coefficient (Wildman–Crippen LogP) is 2.87. The third-order valence-corrected chi connectivity index (χ3v) is 3.28. The minimum Gasteiger partial charge on any atom is -0.428 e. The number of nitrogens with one attached hydrogen (secondary N) is 2. The van der Waals surface area contributed by atoms with Crippen molar-refractivity contribution in [1.82, 2.24) is 10.3 Å². The molecule has 6 heteroatoms. The molecule has 0 spiro atoms. The Balaban J connectivity index is 1.98. The fraction of sp³-hybridized carbons (Fsp3) is 0.375. The molecule has 6 nitrogen and oxygen atoms in total. The molecule has 1 aromatic heterocycles. The van der Waals surface area contributed by atoms with Gasteiger partial charge in [-0.15, -0.1) is 0 Å². The molecule has 1 heterocycles. The van der Waals surface area contributed by atoms with E-state index >= 15 is 0 Å². The zero-order valence-corrected chi connectivity index (χ0v) is 12.6. The average molecular weight is 303 g/mol. The van der Waals surface area contributed by atoms with Crippen LogP contribution < -0.4 is 10.6 Å². The largest absolute Gasteiger partial charge is 0.428 e. The van der Waals surface area contributed by atoms with E-state index in [1.165, 1.54) is 0 Å². The van der Waals surface area contributed by atoms with Crippen LogP contribution in [0.1, 0.15) is 37.1 Å². The zero-order valence-electron chi connectivity index (χ0n) is 12.6. The van der Waals surface area contributed by atoms with Gasteiger partial charge in [0.15, 0.2) is 0 Å². The van der Waals surface area contributed by atoms with Gasteiger partial charge in [-0.1, -0.05) is 37.3 Å². The van der Waals surface area contributed by atoms with Crippen molar-refractivity contribution in [3.63, 3.8) is 0 Å². The monoisotopic (exact) mass is 303 g/mol. The van der Waals surface area contributed by atoms with Crippen molar-refractivity contribution in [2.45, 2.75) is 32.2 Å². The maximum Gasteiger partial charge on any atom is 0.323 e. The number of amides is 2. The van der Waals surface area contributed by atoms with Crippen LogP contribution in [0, 0.1) is 0 Å². The molecule has 2 aromatic rings. The summed E-state index contributed by atoms with van der Waals surface area (Å²) in [5.41, 5.74) is 0.993. The molecule has 118 valence electrons. The molecule has 0 aliphatic carbocycles. The number of urea groups is 1. The van der Waals surface area contributed by atoms with Crippen LogP contribution in [-0.4, -0.2) is 22.7 Å². The van der Waals surface area contributed by atoms with Gasteiger partial charge in [0.1, 0.15) is 5.76 Å². The summed E-state index contributed by atoms with van der Waals surface area (Å²) in [4.78, 5) is 16.1. The number of carbonyl (C=O) groups excluding carboxylic acids is 1. The normalized spacial score (nSPS) is 11.9. The number of hydrogen-bond acceptors (Lipinski definition) is 4. The van der Waals surface area contributed by atoms with Gasteiger partial charge in [-0.2, -0.15) is 0 Å². The Morgan fingerprint density at radius 3 is 2.77 bits per heavy atom. The summed E-state index contributed by atoms with van der Waals surface area (Å²) in [6.45, 7) is 2.04. The summed E-state index contributed by atoms with van der Waals surface area (Å²) in [7, 11) is 0. The lowest BCUT2D eigenvalue weighted by Crippen LogP contribution is -2.32. The first kappa shape index (κ1) is 16.0. The van der Waals surface area contributed by atoms with Gasteiger partial charge in [0, 0.05) is 13.0 Å². The van der Waals surface area contributed by atoms with Gasteiger partial charge >= 0.3 is 12.0 Å². The van der Waals surface area contributed by atoms with Crippen LogP contribution in [-0.2, 0) is 6.42 Å². The van der Waals surface area contributed by atoms with Crippen LogP contribution in [0.15, 0.2) is 40.9 Å². The van der Waals surface area contributed by atoms with Crippen LogP contribution in [0.2, 0.25) is 0 Å². The highest BCUT2D eigenvalue weighted by molar-refractivity contribution is 5.87. The number of nitrogens with zero attached hydrogens (tertiary/aromatic N) is 1. The Bertz CT molecular complexity index is 583. The Morgan fingerprint density at radius 2 is 2.14 bits per heavy atom. The minimum atomic E-state index is -0.378. The van der Waals surface area contributed by atoms with Crippen molar-refractivity contribution < 1.29 is 14.3 Å². The van der Waals surface area contributed by atoms with Gasteiger partial charge in [0.25, 0.3) is 0 Å². The number of aliphatic hydroxyl groups excluding tert-OH is 1. The summed E-state index contributed by atoms with van der Waals surface area (Å²) in [5, 5.41) is 14.5. The molecule has 0 aliphatic heterocycles. The van der Waals surface area contributed by atoms with E-state index in [1.54, 1.807) is 6.20 Å². The summed E-state index contributed by atoms with van der Waals surface area (Å²) in [6.07, 6.45) is 3.58. The average Bonchev–Trinajstić information content (AvgIpc) is 2.99. The molecule has 2 amide bonds. The van der Waals surface area contributed by atoms with Crippen LogP contribution in [0.25, 0.3) is 0 Å². The molecule has 0 radical (unpaired) electrons. The van der Waals surface area contributed by atoms with E-state index in [9.17, 15) is 4.79 Å². The van der Waals surface area contributed by atoms with E-state index in [4.69, 9.17) is 9.52 Å². The highest BCUT2D eigenvalue weighted by Crippen LogP contribution is 2.18. The number of aromatic nitrogens is 1. The highest BCUT2D eigenvalue weighted by atomic mass is 16.4. The quantitative estimate of drug-likeness (QED) is 0.734. The number of oxazole rings is 1. The first-order valence-electron chi connectivity index (χ1n) is 7.41. The molecular weight excluding hydrogens is 282 g/mol. The Kier molecular flexibility index (Phi) is 5.97. The van der Waals surface area contributed by atoms with Crippen LogP contribution in [0.5, 0.6) is 0 Å². The zero-order chi connectivity index (χ0) is 15.8. The van der Waals surface area contributed by atoms with E-state index < -0.39 is 0 Å². The van der Waals surface area contributed by atoms with Crippen molar-refractivity contribution in [2.75, 3.05) is 11.9 Å². The SMILES string of the molecule is CCc1cnc(NC(=O)NC(CCCO)c2ccccc2)o1. The summed E-state index contributed by atoms with van der Waals surface area (Å²) in [6, 6.07) is 9.29. The number of aliphatic hydroxyl groups is 1. The standard InChI is InChI=1S/C16H21N3O3/c1-2-13-11-17-16(22-13)19-15(21)18-14(9-6-10-20)12-7-4-3-5-8-12/h3-5,7-8,11,14,20H,2,6,9-10H2,1H3,(H2,17,18,19,21). The molecular formula is C16H21N3O3. The molecule has 3 N–H and O–H groups in total. The van der Waals surface area contributed by atoms with Gasteiger partial charge < -0.3 is 14.8 Å². The van der Waals surface area contributed by atoms with Gasteiger partial charge in [-0.3, -0.25) is 5.32 Å². The maximum atomic E-state index is 12.1. The van der Waals surface area contributed by atoms with Crippen LogP contribution in [0.4, 0.5) is 10.8 Å². The fourth-order valence-electron chi connectivity index (χ4n) is 2.12. The molecule has 1 atom stereocenters. The van der Waals surface area contributed by atoms with Gasteiger partial charge in [-0.05, 0) is 18.4 Å². The first-order chi connectivity index (χ1) is 10.7. The lowest BCUT2D eigenvalue weighted by atomic mass is 10.0. The predicted molar refractivity (Wildman–Crippen MR) is 83.5 cm³/mol. The van der Waals surface area contributed by atoms with Gasteiger partial charge in [0.05, 0.1) is 12.2 Å². The molecule has 22 heavy (non-hydrogen) atoms. The van der Waals surface area contributed by atoms with E-state index in [0.717, 1.165) is 17.7 Å². The van der Waals surface area contributed by atoms with Crippen molar-refractivity contribution in [3.05, 3.63) is 47.9 Å². The summed E-state index contributed by atoms with van der Waals surface area (Å²) in [5.74, 6) is 0.718. The number of aryl methyl sites for hydroxylation is 1. The van der Waals surface area contributed by atoms with Crippen molar-refractivity contribution in [1.29, 1.82) is 0 Å².